The first-order chi connectivity index (χ1) is 11.2. The Morgan fingerprint density at radius 3 is 2.75 bits per heavy atom. The van der Waals surface area contributed by atoms with Crippen LogP contribution in [0.2, 0.25) is 0 Å². The Balaban J connectivity index is 2.23. The van der Waals surface area contributed by atoms with Crippen LogP contribution in [0, 0.1) is 5.41 Å². The molecule has 3 rings (SSSR count). The predicted molar refractivity (Wildman–Crippen MR) is 108 cm³/mol. The van der Waals surface area contributed by atoms with E-state index in [-0.39, 0.29) is 10.8 Å². The van der Waals surface area contributed by atoms with Gasteiger partial charge in [-0.05, 0) is 50.4 Å². The second kappa shape index (κ2) is 6.03. The fourth-order valence-corrected chi connectivity index (χ4v) is 5.02. The van der Waals surface area contributed by atoms with E-state index < -0.39 is 0 Å². The van der Waals surface area contributed by atoms with Gasteiger partial charge in [0.05, 0.1) is 6.17 Å². The highest BCUT2D eigenvalue weighted by Gasteiger charge is 2.61. The molecule has 0 bridgehead atoms. The third-order valence-corrected chi connectivity index (χ3v) is 6.61. The molecule has 0 amide bonds. The lowest BCUT2D eigenvalue weighted by atomic mass is 9.60. The Bertz CT molecular complexity index is 687. The van der Waals surface area contributed by atoms with Gasteiger partial charge in [0.2, 0.25) is 0 Å². The zero-order valence-electron chi connectivity index (χ0n) is 15.6. The van der Waals surface area contributed by atoms with Crippen molar-refractivity contribution in [3.8, 4) is 0 Å². The molecule has 2 aliphatic heterocycles. The monoisotopic (exact) mass is 388 g/mol. The lowest BCUT2D eigenvalue weighted by molar-refractivity contribution is 0.161. The normalized spacial score (nSPS) is 26.2. The molecule has 2 atom stereocenters. The van der Waals surface area contributed by atoms with Crippen molar-refractivity contribution < 1.29 is 0 Å². The van der Waals surface area contributed by atoms with Gasteiger partial charge < -0.3 is 4.90 Å². The first-order valence-corrected chi connectivity index (χ1v) is 9.58. The molecule has 1 aromatic carbocycles. The van der Waals surface area contributed by atoms with E-state index in [1.165, 1.54) is 23.2 Å². The number of rotatable bonds is 4. The van der Waals surface area contributed by atoms with Crippen LogP contribution in [-0.2, 0) is 5.41 Å². The molecule has 1 aromatic rings. The second-order valence-electron chi connectivity index (χ2n) is 8.10. The summed E-state index contributed by atoms with van der Waals surface area (Å²) in [5.41, 5.74) is 4.34. The highest BCUT2D eigenvalue weighted by atomic mass is 79.9. The van der Waals surface area contributed by atoms with Gasteiger partial charge in [0.1, 0.15) is 0 Å². The number of benzene rings is 1. The molecule has 0 radical (unpaired) electrons. The van der Waals surface area contributed by atoms with Crippen LogP contribution < -0.4 is 4.90 Å². The van der Waals surface area contributed by atoms with Crippen LogP contribution in [0.4, 0.5) is 5.69 Å². The zero-order chi connectivity index (χ0) is 17.7. The standard InChI is InChI=1S/C21H29BrN2/c1-7-20(4,5)21-11-13-23(6)19(21)24(12-10-15(2)3)18-14-16(22)8-9-17(18)21/h7-10,14,19H,1,11-13H2,2-6H3/t19?,21-/m1/s1. The third kappa shape index (κ3) is 2.40. The van der Waals surface area contributed by atoms with Gasteiger partial charge in [0, 0.05) is 28.7 Å². The van der Waals surface area contributed by atoms with E-state index >= 15 is 0 Å². The summed E-state index contributed by atoms with van der Waals surface area (Å²) in [6, 6.07) is 6.82. The number of likely N-dealkylation sites (N-methyl/N-ethyl adjacent to an activating group) is 1. The Hall–Kier alpha value is -1.06. The molecule has 3 heteroatoms. The van der Waals surface area contributed by atoms with Crippen molar-refractivity contribution >= 4 is 21.6 Å². The number of halogens is 1. The summed E-state index contributed by atoms with van der Waals surface area (Å²) in [7, 11) is 2.27. The highest BCUT2D eigenvalue weighted by Crippen LogP contribution is 2.60. The number of allylic oxidation sites excluding steroid dienone is 2. The van der Waals surface area contributed by atoms with Crippen LogP contribution >= 0.6 is 15.9 Å². The average molecular weight is 389 g/mol. The number of hydrogen-bond acceptors (Lipinski definition) is 2. The minimum Gasteiger partial charge on any atom is -0.351 e. The van der Waals surface area contributed by atoms with Gasteiger partial charge in [-0.3, -0.25) is 4.90 Å². The molecule has 130 valence electrons. The predicted octanol–water partition coefficient (Wildman–Crippen LogP) is 5.35. The summed E-state index contributed by atoms with van der Waals surface area (Å²) in [5.74, 6) is 0. The molecule has 2 nitrogen and oxygen atoms in total. The smallest absolute Gasteiger partial charge is 0.0929 e. The summed E-state index contributed by atoms with van der Waals surface area (Å²) in [6.45, 7) is 15.3. The van der Waals surface area contributed by atoms with Crippen LogP contribution in [0.1, 0.15) is 39.7 Å². The summed E-state index contributed by atoms with van der Waals surface area (Å²) < 4.78 is 1.15. The van der Waals surface area contributed by atoms with Gasteiger partial charge in [-0.15, -0.1) is 6.58 Å². The Kier molecular flexibility index (Phi) is 4.46. The summed E-state index contributed by atoms with van der Waals surface area (Å²) in [5, 5.41) is 0. The Morgan fingerprint density at radius 1 is 1.42 bits per heavy atom. The molecule has 0 saturated carbocycles. The number of likely N-dealkylation sites (tertiary alicyclic amines) is 1. The largest absolute Gasteiger partial charge is 0.351 e. The molecule has 0 aliphatic carbocycles. The number of nitrogens with zero attached hydrogens (tertiary/aromatic N) is 2. The molecule has 24 heavy (non-hydrogen) atoms. The maximum Gasteiger partial charge on any atom is 0.0929 e. The topological polar surface area (TPSA) is 6.48 Å². The van der Waals surface area contributed by atoms with Crippen molar-refractivity contribution in [2.24, 2.45) is 5.41 Å². The van der Waals surface area contributed by atoms with Gasteiger partial charge in [0.15, 0.2) is 0 Å². The molecule has 0 aromatic heterocycles. The van der Waals surface area contributed by atoms with Gasteiger partial charge in [-0.2, -0.15) is 0 Å². The summed E-state index contributed by atoms with van der Waals surface area (Å²) >= 11 is 3.68. The first-order valence-electron chi connectivity index (χ1n) is 8.78. The second-order valence-corrected chi connectivity index (χ2v) is 9.01. The van der Waals surface area contributed by atoms with Crippen LogP contribution in [-0.4, -0.2) is 31.2 Å². The zero-order valence-corrected chi connectivity index (χ0v) is 17.2. The molecule has 1 unspecified atom stereocenters. The van der Waals surface area contributed by atoms with E-state index in [1.807, 2.05) is 0 Å². The Morgan fingerprint density at radius 2 is 2.12 bits per heavy atom. The molecule has 2 heterocycles. The van der Waals surface area contributed by atoms with Crippen molar-refractivity contribution in [1.29, 1.82) is 0 Å². The molecular formula is C21H29BrN2. The Labute approximate surface area is 155 Å². The summed E-state index contributed by atoms with van der Waals surface area (Å²) in [4.78, 5) is 5.11. The fourth-order valence-electron chi connectivity index (χ4n) is 4.67. The molecule has 1 fully saturated rings. The highest BCUT2D eigenvalue weighted by molar-refractivity contribution is 9.10. The van der Waals surface area contributed by atoms with Crippen molar-refractivity contribution in [3.63, 3.8) is 0 Å². The molecule has 2 aliphatic rings. The van der Waals surface area contributed by atoms with Crippen molar-refractivity contribution in [1.82, 2.24) is 4.90 Å². The average Bonchev–Trinajstić information content (AvgIpc) is 3.00. The van der Waals surface area contributed by atoms with Gasteiger partial charge in [-0.25, -0.2) is 0 Å². The summed E-state index contributed by atoms with van der Waals surface area (Å²) in [6.07, 6.45) is 6.06. The quantitative estimate of drug-likeness (QED) is 0.641. The van der Waals surface area contributed by atoms with Gasteiger partial charge >= 0.3 is 0 Å². The van der Waals surface area contributed by atoms with Crippen molar-refractivity contribution in [2.45, 2.75) is 45.7 Å². The van der Waals surface area contributed by atoms with Crippen LogP contribution in [0.25, 0.3) is 0 Å². The first kappa shape index (κ1) is 17.8. The van der Waals surface area contributed by atoms with E-state index in [9.17, 15) is 0 Å². The van der Waals surface area contributed by atoms with Crippen molar-refractivity contribution in [3.05, 3.63) is 52.5 Å². The molecule has 0 spiro atoms. The minimum absolute atomic E-state index is 0.0325. The van der Waals surface area contributed by atoms with Crippen LogP contribution in [0.3, 0.4) is 0 Å². The van der Waals surface area contributed by atoms with Crippen molar-refractivity contribution in [2.75, 3.05) is 25.0 Å². The molecule has 0 N–H and O–H groups in total. The van der Waals surface area contributed by atoms with E-state index in [2.05, 4.69) is 97.4 Å². The van der Waals surface area contributed by atoms with E-state index in [4.69, 9.17) is 0 Å². The van der Waals surface area contributed by atoms with E-state index in [0.29, 0.717) is 6.17 Å². The number of anilines is 1. The van der Waals surface area contributed by atoms with Gasteiger partial charge in [0.25, 0.3) is 0 Å². The SMILES string of the molecule is C=CC(C)(C)[C@@]12CCN(C)C1N(CC=C(C)C)c1cc(Br)ccc12. The number of fused-ring (bicyclic) bond motifs is 3. The lowest BCUT2D eigenvalue weighted by Crippen LogP contribution is -2.54. The lowest BCUT2D eigenvalue weighted by Gasteiger charge is -2.45. The fraction of sp³-hybridized carbons (Fsp3) is 0.524. The third-order valence-electron chi connectivity index (χ3n) is 6.12. The molecule has 1 saturated heterocycles. The molecular weight excluding hydrogens is 360 g/mol. The maximum absolute atomic E-state index is 4.19. The number of hydrogen-bond donors (Lipinski definition) is 0. The maximum atomic E-state index is 4.19. The van der Waals surface area contributed by atoms with E-state index in [1.54, 1.807) is 0 Å². The van der Waals surface area contributed by atoms with Gasteiger partial charge in [-0.1, -0.05) is 53.6 Å². The minimum atomic E-state index is 0.0325. The van der Waals surface area contributed by atoms with Crippen LogP contribution in [0.5, 0.6) is 0 Å². The van der Waals surface area contributed by atoms with Crippen LogP contribution in [0.15, 0.2) is 47.0 Å². The van der Waals surface area contributed by atoms with E-state index in [0.717, 1.165) is 17.6 Å².